The van der Waals surface area contributed by atoms with Gasteiger partial charge in [-0.05, 0) is 36.4 Å². The third kappa shape index (κ3) is 5.18. The molecule has 1 amide bonds. The van der Waals surface area contributed by atoms with E-state index >= 15 is 0 Å². The van der Waals surface area contributed by atoms with E-state index in [-0.39, 0.29) is 27.6 Å². The summed E-state index contributed by atoms with van der Waals surface area (Å²) < 4.78 is 43.8. The predicted octanol–water partition coefficient (Wildman–Crippen LogP) is 5.79. The normalized spacial score (nSPS) is 11.5. The summed E-state index contributed by atoms with van der Waals surface area (Å²) in [5.74, 6) is -0.510. The van der Waals surface area contributed by atoms with Gasteiger partial charge in [-0.25, -0.2) is 0 Å². The van der Waals surface area contributed by atoms with Gasteiger partial charge in [0.1, 0.15) is 0 Å². The first kappa shape index (κ1) is 20.5. The zero-order valence-electron chi connectivity index (χ0n) is 13.8. The highest BCUT2D eigenvalue weighted by atomic mass is 35.5. The van der Waals surface area contributed by atoms with Gasteiger partial charge >= 0.3 is 6.18 Å². The number of halogens is 5. The van der Waals surface area contributed by atoms with Gasteiger partial charge in [-0.1, -0.05) is 41.0 Å². The fraction of sp³-hybridized carbons (Fsp3) is 0.118. The lowest BCUT2D eigenvalue weighted by molar-refractivity contribution is -0.137. The van der Waals surface area contributed by atoms with E-state index in [9.17, 15) is 18.0 Å². The summed E-state index contributed by atoms with van der Waals surface area (Å²) >= 11 is 12.7. The average Bonchev–Trinajstić information content (AvgIpc) is 3.10. The van der Waals surface area contributed by atoms with Crippen LogP contribution in [0, 0.1) is 0 Å². The number of carbonyl (C=O) groups is 1. The molecule has 3 aromatic rings. The number of nitrogens with one attached hydrogen (secondary N) is 1. The highest BCUT2D eigenvalue weighted by molar-refractivity contribution is 7.99. The van der Waals surface area contributed by atoms with Gasteiger partial charge in [-0.3, -0.25) is 4.79 Å². The van der Waals surface area contributed by atoms with Crippen LogP contribution >= 0.6 is 35.0 Å². The summed E-state index contributed by atoms with van der Waals surface area (Å²) in [7, 11) is 0. The second-order valence-electron chi connectivity index (χ2n) is 5.41. The summed E-state index contributed by atoms with van der Waals surface area (Å²) in [6.07, 6.45) is -4.54. The van der Waals surface area contributed by atoms with Crippen molar-refractivity contribution in [2.24, 2.45) is 0 Å². The SMILES string of the molecule is O=C(CSc1nnc(-c2cccc(Cl)c2)o1)Nc1cc(C(F)(F)F)ccc1Cl. The molecule has 2 aromatic carbocycles. The zero-order valence-corrected chi connectivity index (χ0v) is 16.1. The maximum Gasteiger partial charge on any atom is 0.416 e. The van der Waals surface area contributed by atoms with E-state index in [0.717, 1.165) is 30.0 Å². The Morgan fingerprint density at radius 2 is 1.93 bits per heavy atom. The Morgan fingerprint density at radius 3 is 2.64 bits per heavy atom. The molecule has 0 aliphatic carbocycles. The monoisotopic (exact) mass is 447 g/mol. The van der Waals surface area contributed by atoms with Crippen LogP contribution in [0.1, 0.15) is 5.56 Å². The molecule has 11 heteroatoms. The number of thioether (sulfide) groups is 1. The molecular weight excluding hydrogens is 438 g/mol. The molecule has 0 atom stereocenters. The Kier molecular flexibility index (Phi) is 6.17. The van der Waals surface area contributed by atoms with Gasteiger partial charge in [0.15, 0.2) is 0 Å². The number of rotatable bonds is 5. The summed E-state index contributed by atoms with van der Waals surface area (Å²) in [6.45, 7) is 0. The zero-order chi connectivity index (χ0) is 20.3. The van der Waals surface area contributed by atoms with Crippen molar-refractivity contribution in [3.05, 3.63) is 58.1 Å². The van der Waals surface area contributed by atoms with Crippen LogP contribution in [-0.2, 0) is 11.0 Å². The summed E-state index contributed by atoms with van der Waals surface area (Å²) in [5.41, 5.74) is -0.429. The van der Waals surface area contributed by atoms with Gasteiger partial charge in [0.05, 0.1) is 22.0 Å². The molecule has 1 heterocycles. The lowest BCUT2D eigenvalue weighted by Gasteiger charge is -2.11. The molecule has 0 spiro atoms. The van der Waals surface area contributed by atoms with Crippen LogP contribution in [0.5, 0.6) is 0 Å². The standard InChI is InChI=1S/C17H10Cl2F3N3O2S/c18-11-3-1-2-9(6-11)15-24-25-16(27-15)28-8-14(26)23-13-7-10(17(20,21)22)4-5-12(13)19/h1-7H,8H2,(H,23,26). The summed E-state index contributed by atoms with van der Waals surface area (Å²) in [4.78, 5) is 12.0. The number of nitrogens with zero attached hydrogens (tertiary/aromatic N) is 2. The molecule has 146 valence electrons. The number of amides is 1. The molecular formula is C17H10Cl2F3N3O2S. The van der Waals surface area contributed by atoms with E-state index in [0.29, 0.717) is 10.6 Å². The van der Waals surface area contributed by atoms with Crippen LogP contribution in [0.25, 0.3) is 11.5 Å². The predicted molar refractivity (Wildman–Crippen MR) is 101 cm³/mol. The fourth-order valence-corrected chi connectivity index (χ4v) is 3.04. The third-order valence-corrected chi connectivity index (χ3v) is 4.76. The third-order valence-electron chi connectivity index (χ3n) is 3.37. The molecule has 1 N–H and O–H groups in total. The van der Waals surface area contributed by atoms with Crippen molar-refractivity contribution < 1.29 is 22.4 Å². The van der Waals surface area contributed by atoms with Crippen molar-refractivity contribution in [1.82, 2.24) is 10.2 Å². The van der Waals surface area contributed by atoms with Crippen LogP contribution < -0.4 is 5.32 Å². The number of benzene rings is 2. The number of hydrogen-bond acceptors (Lipinski definition) is 5. The average molecular weight is 448 g/mol. The van der Waals surface area contributed by atoms with Crippen molar-refractivity contribution in [2.75, 3.05) is 11.1 Å². The Balaban J connectivity index is 1.62. The van der Waals surface area contributed by atoms with Crippen LogP contribution in [0.2, 0.25) is 10.0 Å². The quantitative estimate of drug-likeness (QED) is 0.501. The van der Waals surface area contributed by atoms with Gasteiger partial charge in [0.25, 0.3) is 5.22 Å². The van der Waals surface area contributed by atoms with Gasteiger partial charge in [0, 0.05) is 10.6 Å². The molecule has 0 unspecified atom stereocenters. The van der Waals surface area contributed by atoms with Crippen molar-refractivity contribution in [3.8, 4) is 11.5 Å². The lowest BCUT2D eigenvalue weighted by Crippen LogP contribution is -2.15. The van der Waals surface area contributed by atoms with Crippen molar-refractivity contribution in [2.45, 2.75) is 11.4 Å². The number of aromatic nitrogens is 2. The van der Waals surface area contributed by atoms with Gasteiger partial charge < -0.3 is 9.73 Å². The van der Waals surface area contributed by atoms with Gasteiger partial charge in [-0.15, -0.1) is 10.2 Å². The van der Waals surface area contributed by atoms with Crippen LogP contribution in [0.15, 0.2) is 52.1 Å². The van der Waals surface area contributed by atoms with Crippen LogP contribution in [0.4, 0.5) is 18.9 Å². The highest BCUT2D eigenvalue weighted by Gasteiger charge is 2.31. The second-order valence-corrected chi connectivity index (χ2v) is 7.18. The number of alkyl halides is 3. The minimum absolute atomic E-state index is 0.00705. The summed E-state index contributed by atoms with van der Waals surface area (Å²) in [5, 5.41) is 10.6. The van der Waals surface area contributed by atoms with E-state index in [4.69, 9.17) is 27.6 Å². The van der Waals surface area contributed by atoms with Crippen molar-refractivity contribution >= 4 is 46.6 Å². The fourth-order valence-electron chi connectivity index (χ4n) is 2.12. The Morgan fingerprint density at radius 1 is 1.14 bits per heavy atom. The van der Waals surface area contributed by atoms with Crippen LogP contribution in [-0.4, -0.2) is 21.9 Å². The minimum atomic E-state index is -4.54. The molecule has 0 bridgehead atoms. The maximum atomic E-state index is 12.8. The lowest BCUT2D eigenvalue weighted by atomic mass is 10.2. The summed E-state index contributed by atoms with van der Waals surface area (Å²) in [6, 6.07) is 9.48. The Labute approximate surface area is 171 Å². The van der Waals surface area contributed by atoms with E-state index < -0.39 is 17.6 Å². The van der Waals surface area contributed by atoms with E-state index in [1.165, 1.54) is 0 Å². The molecule has 0 saturated heterocycles. The topological polar surface area (TPSA) is 68.0 Å². The van der Waals surface area contributed by atoms with E-state index in [2.05, 4.69) is 15.5 Å². The van der Waals surface area contributed by atoms with Crippen molar-refractivity contribution in [1.29, 1.82) is 0 Å². The van der Waals surface area contributed by atoms with Gasteiger partial charge in [-0.2, -0.15) is 13.2 Å². The van der Waals surface area contributed by atoms with Crippen molar-refractivity contribution in [3.63, 3.8) is 0 Å². The molecule has 1 aromatic heterocycles. The molecule has 0 aliphatic heterocycles. The first-order valence-corrected chi connectivity index (χ1v) is 9.35. The van der Waals surface area contributed by atoms with E-state index in [1.54, 1.807) is 24.3 Å². The molecule has 5 nitrogen and oxygen atoms in total. The van der Waals surface area contributed by atoms with Crippen LogP contribution in [0.3, 0.4) is 0 Å². The Hall–Kier alpha value is -2.23. The number of hydrogen-bond donors (Lipinski definition) is 1. The van der Waals surface area contributed by atoms with Gasteiger partial charge in [0.2, 0.25) is 11.8 Å². The maximum absolute atomic E-state index is 12.8. The molecule has 3 rings (SSSR count). The smallest absolute Gasteiger partial charge is 0.411 e. The first-order chi connectivity index (χ1) is 13.2. The number of carbonyl (C=O) groups excluding carboxylic acids is 1. The first-order valence-electron chi connectivity index (χ1n) is 7.61. The second kappa shape index (κ2) is 8.42. The molecule has 0 radical (unpaired) electrons. The molecule has 0 aliphatic rings. The largest absolute Gasteiger partial charge is 0.416 e. The Bertz CT molecular complexity index is 1010. The highest BCUT2D eigenvalue weighted by Crippen LogP contribution is 2.34. The molecule has 0 saturated carbocycles. The minimum Gasteiger partial charge on any atom is -0.411 e. The van der Waals surface area contributed by atoms with E-state index in [1.807, 2.05) is 0 Å². The molecule has 28 heavy (non-hydrogen) atoms. The molecule has 0 fully saturated rings. The number of anilines is 1.